The van der Waals surface area contributed by atoms with E-state index in [0.717, 1.165) is 52.1 Å². The Morgan fingerprint density at radius 1 is 0.968 bits per heavy atom. The van der Waals surface area contributed by atoms with Crippen molar-refractivity contribution in [2.45, 2.75) is 51.5 Å². The van der Waals surface area contributed by atoms with Crippen molar-refractivity contribution < 1.29 is 9.59 Å². The van der Waals surface area contributed by atoms with Crippen molar-refractivity contribution in [2.24, 2.45) is 5.92 Å². The van der Waals surface area contributed by atoms with Gasteiger partial charge in [0.1, 0.15) is 0 Å². The van der Waals surface area contributed by atoms with Crippen molar-refractivity contribution >= 4 is 11.9 Å². The number of amides is 3. The number of nitrogens with one attached hydrogen (secondary N) is 1. The normalized spacial score (nSPS) is 21.9. The Bertz CT molecular complexity index is 771. The van der Waals surface area contributed by atoms with Gasteiger partial charge in [-0.1, -0.05) is 36.4 Å². The number of carbonyl (C=O) groups excluding carboxylic acids is 2. The summed E-state index contributed by atoms with van der Waals surface area (Å²) in [5.41, 5.74) is 2.56. The van der Waals surface area contributed by atoms with Crippen molar-refractivity contribution in [2.75, 3.05) is 39.3 Å². The predicted molar refractivity (Wildman–Crippen MR) is 122 cm³/mol. The van der Waals surface area contributed by atoms with Crippen molar-refractivity contribution in [1.82, 2.24) is 20.0 Å². The third-order valence-corrected chi connectivity index (χ3v) is 6.84. The van der Waals surface area contributed by atoms with E-state index in [1.54, 1.807) is 0 Å². The summed E-state index contributed by atoms with van der Waals surface area (Å²) in [6.07, 6.45) is 9.30. The molecular formula is C25H36N4O2. The molecule has 3 amide bonds. The first-order valence-electron chi connectivity index (χ1n) is 12.0. The van der Waals surface area contributed by atoms with Crippen LogP contribution in [0.5, 0.6) is 0 Å². The Hall–Kier alpha value is -2.34. The zero-order valence-electron chi connectivity index (χ0n) is 18.6. The number of piperidine rings is 1. The lowest BCUT2D eigenvalue weighted by Crippen LogP contribution is -2.48. The van der Waals surface area contributed by atoms with Gasteiger partial charge in [0, 0.05) is 57.9 Å². The van der Waals surface area contributed by atoms with Crippen LogP contribution in [-0.4, -0.2) is 65.9 Å². The lowest BCUT2D eigenvalue weighted by Gasteiger charge is -2.37. The van der Waals surface area contributed by atoms with Crippen LogP contribution in [0.15, 0.2) is 42.1 Å². The maximum absolute atomic E-state index is 12.7. The SMILES string of the molecule is O=C(CCCNC(=O)N1CCCC2CCCC=C21)N1CCN(Cc2ccccc2)CC1. The van der Waals surface area contributed by atoms with Crippen LogP contribution >= 0.6 is 0 Å². The Morgan fingerprint density at radius 3 is 2.55 bits per heavy atom. The van der Waals surface area contributed by atoms with E-state index in [9.17, 15) is 9.59 Å². The summed E-state index contributed by atoms with van der Waals surface area (Å²) < 4.78 is 0. The maximum Gasteiger partial charge on any atom is 0.321 e. The molecule has 6 heteroatoms. The van der Waals surface area contributed by atoms with Crippen molar-refractivity contribution in [3.05, 3.63) is 47.7 Å². The van der Waals surface area contributed by atoms with Gasteiger partial charge in [-0.15, -0.1) is 0 Å². The molecule has 2 saturated heterocycles. The molecule has 0 aromatic heterocycles. The van der Waals surface area contributed by atoms with Gasteiger partial charge in [-0.2, -0.15) is 0 Å². The van der Waals surface area contributed by atoms with E-state index in [1.807, 2.05) is 15.9 Å². The van der Waals surface area contributed by atoms with Gasteiger partial charge < -0.3 is 10.2 Å². The van der Waals surface area contributed by atoms with E-state index in [-0.39, 0.29) is 11.9 Å². The van der Waals surface area contributed by atoms with Crippen LogP contribution in [-0.2, 0) is 11.3 Å². The fourth-order valence-corrected chi connectivity index (χ4v) is 5.08. The van der Waals surface area contributed by atoms with Crippen molar-refractivity contribution in [3.8, 4) is 0 Å². The number of fused-ring (bicyclic) bond motifs is 1. The third-order valence-electron chi connectivity index (χ3n) is 6.84. The number of likely N-dealkylation sites (tertiary alicyclic amines) is 1. The topological polar surface area (TPSA) is 55.9 Å². The van der Waals surface area contributed by atoms with Gasteiger partial charge in [0.25, 0.3) is 0 Å². The highest BCUT2D eigenvalue weighted by molar-refractivity contribution is 5.77. The van der Waals surface area contributed by atoms with Crippen LogP contribution in [0.1, 0.15) is 50.5 Å². The summed E-state index contributed by atoms with van der Waals surface area (Å²) in [4.78, 5) is 31.6. The highest BCUT2D eigenvalue weighted by Gasteiger charge is 2.30. The van der Waals surface area contributed by atoms with Gasteiger partial charge in [-0.05, 0) is 50.0 Å². The Kier molecular flexibility index (Phi) is 7.62. The molecule has 0 radical (unpaired) electrons. The number of allylic oxidation sites excluding steroid dienone is 2. The van der Waals surface area contributed by atoms with Gasteiger partial charge in [-0.3, -0.25) is 14.6 Å². The van der Waals surface area contributed by atoms with E-state index in [2.05, 4.69) is 40.6 Å². The molecule has 1 atom stereocenters. The van der Waals surface area contributed by atoms with Crippen LogP contribution in [0.25, 0.3) is 0 Å². The molecule has 31 heavy (non-hydrogen) atoms. The van der Waals surface area contributed by atoms with Gasteiger partial charge >= 0.3 is 6.03 Å². The number of nitrogens with zero attached hydrogens (tertiary/aromatic N) is 3. The lowest BCUT2D eigenvalue weighted by atomic mass is 9.85. The first-order chi connectivity index (χ1) is 15.2. The molecule has 2 aliphatic heterocycles. The van der Waals surface area contributed by atoms with Crippen molar-refractivity contribution in [3.63, 3.8) is 0 Å². The minimum atomic E-state index is 0.0137. The molecule has 168 valence electrons. The highest BCUT2D eigenvalue weighted by atomic mass is 16.2. The monoisotopic (exact) mass is 424 g/mol. The van der Waals surface area contributed by atoms with Gasteiger partial charge in [0.15, 0.2) is 0 Å². The molecule has 0 saturated carbocycles. The summed E-state index contributed by atoms with van der Waals surface area (Å²) in [7, 11) is 0. The molecule has 6 nitrogen and oxygen atoms in total. The quantitative estimate of drug-likeness (QED) is 0.710. The molecule has 0 bridgehead atoms. The molecule has 2 heterocycles. The second kappa shape index (κ2) is 10.8. The second-order valence-electron chi connectivity index (χ2n) is 9.03. The Labute approximate surface area is 186 Å². The van der Waals surface area contributed by atoms with Crippen LogP contribution in [0.2, 0.25) is 0 Å². The minimum Gasteiger partial charge on any atom is -0.340 e. The second-order valence-corrected chi connectivity index (χ2v) is 9.03. The summed E-state index contributed by atoms with van der Waals surface area (Å²) in [5.74, 6) is 0.775. The molecule has 1 aromatic carbocycles. The molecule has 1 aliphatic carbocycles. The average molecular weight is 425 g/mol. The van der Waals surface area contributed by atoms with E-state index in [1.165, 1.54) is 30.5 Å². The number of hydrogen-bond acceptors (Lipinski definition) is 3. The summed E-state index contributed by atoms with van der Waals surface area (Å²) in [6.45, 7) is 5.75. The minimum absolute atomic E-state index is 0.0137. The third kappa shape index (κ3) is 5.88. The zero-order chi connectivity index (χ0) is 21.5. The highest BCUT2D eigenvalue weighted by Crippen LogP contribution is 2.34. The van der Waals surface area contributed by atoms with Gasteiger partial charge in [0.05, 0.1) is 0 Å². The number of benzene rings is 1. The number of piperazine rings is 1. The van der Waals surface area contributed by atoms with E-state index in [0.29, 0.717) is 25.3 Å². The average Bonchev–Trinajstić information content (AvgIpc) is 2.82. The molecule has 0 spiro atoms. The fourth-order valence-electron chi connectivity index (χ4n) is 5.08. The van der Waals surface area contributed by atoms with Crippen LogP contribution in [0.4, 0.5) is 4.79 Å². The van der Waals surface area contributed by atoms with Crippen molar-refractivity contribution in [1.29, 1.82) is 0 Å². The smallest absolute Gasteiger partial charge is 0.321 e. The molecule has 3 aliphatic rings. The fraction of sp³-hybridized carbons (Fsp3) is 0.600. The van der Waals surface area contributed by atoms with E-state index >= 15 is 0 Å². The molecule has 1 aromatic rings. The standard InChI is InChI=1S/C25H36N4O2/c30-24(28-18-16-27(17-19-28)20-21-8-2-1-3-9-21)13-6-14-26-25(31)29-15-7-11-22-10-4-5-12-23(22)29/h1-3,8-9,12,22H,4-7,10-11,13-20H2,(H,26,31). The number of hydrogen-bond donors (Lipinski definition) is 1. The molecule has 1 N–H and O–H groups in total. The molecular weight excluding hydrogens is 388 g/mol. The zero-order valence-corrected chi connectivity index (χ0v) is 18.6. The lowest BCUT2D eigenvalue weighted by molar-refractivity contribution is -0.133. The van der Waals surface area contributed by atoms with Crippen LogP contribution in [0.3, 0.4) is 0 Å². The van der Waals surface area contributed by atoms with Gasteiger partial charge in [-0.25, -0.2) is 4.79 Å². The number of urea groups is 1. The first kappa shape index (κ1) is 21.9. The maximum atomic E-state index is 12.7. The molecule has 1 unspecified atom stereocenters. The Balaban J connectivity index is 1.13. The first-order valence-corrected chi connectivity index (χ1v) is 12.0. The number of carbonyl (C=O) groups is 2. The van der Waals surface area contributed by atoms with E-state index < -0.39 is 0 Å². The van der Waals surface area contributed by atoms with Crippen LogP contribution in [0, 0.1) is 5.92 Å². The summed E-state index contributed by atoms with van der Waals surface area (Å²) in [6, 6.07) is 10.5. The Morgan fingerprint density at radius 2 is 1.74 bits per heavy atom. The summed E-state index contributed by atoms with van der Waals surface area (Å²) >= 11 is 0. The number of rotatable bonds is 6. The summed E-state index contributed by atoms with van der Waals surface area (Å²) in [5, 5.41) is 3.05. The largest absolute Gasteiger partial charge is 0.340 e. The predicted octanol–water partition coefficient (Wildman–Crippen LogP) is 3.60. The van der Waals surface area contributed by atoms with E-state index in [4.69, 9.17) is 0 Å². The van der Waals surface area contributed by atoms with Crippen LogP contribution < -0.4 is 5.32 Å². The molecule has 4 rings (SSSR count). The molecule has 2 fully saturated rings. The van der Waals surface area contributed by atoms with Gasteiger partial charge in [0.2, 0.25) is 5.91 Å².